The second-order valence-electron chi connectivity index (χ2n) is 17.9. The van der Waals surface area contributed by atoms with E-state index in [0.717, 1.165) is 70.6 Å². The van der Waals surface area contributed by atoms with E-state index in [1.165, 1.54) is 135 Å². The Morgan fingerprint density at radius 3 is 1.21 bits per heavy atom. The van der Waals surface area contributed by atoms with Gasteiger partial charge in [0, 0.05) is 6.42 Å². The van der Waals surface area contributed by atoms with Gasteiger partial charge in [0.15, 0.2) is 0 Å². The van der Waals surface area contributed by atoms with E-state index in [1.54, 1.807) is 6.08 Å². The zero-order valence-electron chi connectivity index (χ0n) is 41.4. The highest BCUT2D eigenvalue weighted by Crippen LogP contribution is 2.16. The Morgan fingerprint density at radius 1 is 0.476 bits per heavy atom. The number of hydrogen-bond donors (Lipinski definition) is 3. The minimum absolute atomic E-state index is 0.0472. The zero-order chi connectivity index (χ0) is 45.9. The van der Waals surface area contributed by atoms with E-state index >= 15 is 0 Å². The second-order valence-corrected chi connectivity index (χ2v) is 17.9. The van der Waals surface area contributed by atoms with Crippen molar-refractivity contribution in [2.24, 2.45) is 0 Å². The summed E-state index contributed by atoms with van der Waals surface area (Å²) < 4.78 is 5.83. The second kappa shape index (κ2) is 50.3. The Kier molecular flexibility index (Phi) is 48.1. The summed E-state index contributed by atoms with van der Waals surface area (Å²) >= 11 is 0. The van der Waals surface area contributed by atoms with Gasteiger partial charge in [-0.25, -0.2) is 0 Å². The summed E-state index contributed by atoms with van der Waals surface area (Å²) in [7, 11) is 0. The molecule has 6 heteroatoms. The molecule has 0 aliphatic rings. The topological polar surface area (TPSA) is 95.9 Å². The Labute approximate surface area is 390 Å². The fourth-order valence-corrected chi connectivity index (χ4v) is 7.78. The predicted molar refractivity (Wildman–Crippen MR) is 273 cm³/mol. The summed E-state index contributed by atoms with van der Waals surface area (Å²) in [5.74, 6) is -0.626. The molecular weight excluding hydrogens is 779 g/mol. The van der Waals surface area contributed by atoms with Crippen molar-refractivity contribution in [1.29, 1.82) is 0 Å². The molecule has 0 aliphatic heterocycles. The summed E-state index contributed by atoms with van der Waals surface area (Å²) in [5.41, 5.74) is 0. The van der Waals surface area contributed by atoms with E-state index in [4.69, 9.17) is 4.74 Å². The lowest BCUT2D eigenvalue weighted by Gasteiger charge is -2.23. The van der Waals surface area contributed by atoms with Crippen molar-refractivity contribution in [1.82, 2.24) is 5.32 Å². The van der Waals surface area contributed by atoms with Gasteiger partial charge in [-0.05, 0) is 57.4 Å². The Bertz CT molecular complexity index is 1170. The zero-order valence-corrected chi connectivity index (χ0v) is 41.4. The van der Waals surface area contributed by atoms with Crippen LogP contribution in [0.4, 0.5) is 0 Å². The Hall–Kier alpha value is -2.70. The number of esters is 1. The monoisotopic (exact) mass is 880 g/mol. The molecule has 0 aliphatic carbocycles. The maximum Gasteiger partial charge on any atom is 0.306 e. The number of ether oxygens (including phenoxy) is 1. The van der Waals surface area contributed by atoms with E-state index in [0.29, 0.717) is 19.3 Å². The van der Waals surface area contributed by atoms with E-state index < -0.39 is 18.2 Å². The van der Waals surface area contributed by atoms with Gasteiger partial charge in [0.25, 0.3) is 0 Å². The van der Waals surface area contributed by atoms with Gasteiger partial charge < -0.3 is 20.3 Å². The lowest BCUT2D eigenvalue weighted by Crippen LogP contribution is -2.46. The summed E-state index contributed by atoms with van der Waals surface area (Å²) in [4.78, 5) is 26.1. The fraction of sp³-hybridized carbons (Fsp3) is 0.754. The SMILES string of the molecule is CC/C=C\C/C=C\C/C=C\C/C=C\C/C=C\C/C=C\C(CC(=O)NC(CO)C(O)CCCCCCCCCCCC)OC(=O)CCCCCCCCCCCCCCCCCCC. The van der Waals surface area contributed by atoms with Crippen LogP contribution in [-0.2, 0) is 14.3 Å². The first-order chi connectivity index (χ1) is 31.0. The van der Waals surface area contributed by atoms with Crippen molar-refractivity contribution in [3.05, 3.63) is 72.9 Å². The molecule has 0 fully saturated rings. The molecule has 0 bridgehead atoms. The molecule has 63 heavy (non-hydrogen) atoms. The molecule has 0 aromatic carbocycles. The molecule has 0 aromatic heterocycles. The summed E-state index contributed by atoms with van der Waals surface area (Å²) in [6.45, 7) is 6.33. The van der Waals surface area contributed by atoms with Crippen LogP contribution in [0, 0.1) is 0 Å². The molecule has 0 saturated heterocycles. The van der Waals surface area contributed by atoms with Crippen LogP contribution in [0.5, 0.6) is 0 Å². The van der Waals surface area contributed by atoms with Gasteiger partial charge in [0.1, 0.15) is 6.10 Å². The molecule has 3 N–H and O–H groups in total. The van der Waals surface area contributed by atoms with Gasteiger partial charge in [-0.1, -0.05) is 255 Å². The van der Waals surface area contributed by atoms with Gasteiger partial charge in [-0.2, -0.15) is 0 Å². The van der Waals surface area contributed by atoms with Crippen LogP contribution in [0.15, 0.2) is 72.9 Å². The highest BCUT2D eigenvalue weighted by molar-refractivity contribution is 5.78. The minimum atomic E-state index is -0.820. The van der Waals surface area contributed by atoms with E-state index in [1.807, 2.05) is 6.08 Å². The minimum Gasteiger partial charge on any atom is -0.458 e. The lowest BCUT2D eigenvalue weighted by molar-refractivity contribution is -0.148. The standard InChI is InChI=1S/C57H101NO5/c1-4-7-10-13-16-19-22-24-26-28-30-32-34-36-39-42-45-48-53(51-56(61)58-54(52-59)55(60)49-46-43-40-37-21-18-15-12-9-6-3)63-57(62)50-47-44-41-38-35-33-31-29-27-25-23-20-17-14-11-8-5-2/h7,10,16,19,24,26,30,32,36,39,45,48,53-55,59-60H,4-6,8-9,11-15,17-18,20-23,25,27-29,31,33-35,37-38,40-44,46-47,49-52H2,1-3H3,(H,58,61)/b10-7-,19-16-,26-24-,32-30-,39-36-,48-45-. The summed E-state index contributed by atoms with van der Waals surface area (Å²) in [6.07, 6.45) is 64.3. The largest absolute Gasteiger partial charge is 0.458 e. The molecule has 0 heterocycles. The van der Waals surface area contributed by atoms with Gasteiger partial charge in [0.05, 0.1) is 25.2 Å². The summed E-state index contributed by atoms with van der Waals surface area (Å²) in [5, 5.41) is 23.7. The third kappa shape index (κ3) is 45.7. The predicted octanol–water partition coefficient (Wildman–Crippen LogP) is 16.2. The highest BCUT2D eigenvalue weighted by Gasteiger charge is 2.23. The highest BCUT2D eigenvalue weighted by atomic mass is 16.5. The molecule has 3 unspecified atom stereocenters. The number of amides is 1. The maximum atomic E-state index is 13.2. The van der Waals surface area contributed by atoms with Crippen molar-refractivity contribution in [2.75, 3.05) is 6.61 Å². The molecule has 0 radical (unpaired) electrons. The molecule has 0 saturated carbocycles. The van der Waals surface area contributed by atoms with Gasteiger partial charge in [-0.15, -0.1) is 0 Å². The molecule has 3 atom stereocenters. The van der Waals surface area contributed by atoms with Crippen molar-refractivity contribution in [3.63, 3.8) is 0 Å². The smallest absolute Gasteiger partial charge is 0.306 e. The van der Waals surface area contributed by atoms with Crippen LogP contribution in [0.2, 0.25) is 0 Å². The number of allylic oxidation sites excluding steroid dienone is 11. The van der Waals surface area contributed by atoms with Gasteiger partial charge in [0.2, 0.25) is 5.91 Å². The lowest BCUT2D eigenvalue weighted by atomic mass is 10.0. The molecular formula is C57H101NO5. The van der Waals surface area contributed by atoms with Crippen molar-refractivity contribution in [2.45, 2.75) is 270 Å². The molecule has 6 nitrogen and oxygen atoms in total. The van der Waals surface area contributed by atoms with Gasteiger partial charge >= 0.3 is 5.97 Å². The number of unbranched alkanes of at least 4 members (excludes halogenated alkanes) is 25. The van der Waals surface area contributed by atoms with Crippen molar-refractivity contribution < 1.29 is 24.5 Å². The third-order valence-electron chi connectivity index (χ3n) is 11.8. The molecule has 364 valence electrons. The molecule has 0 rings (SSSR count). The van der Waals surface area contributed by atoms with Gasteiger partial charge in [-0.3, -0.25) is 9.59 Å². The number of hydrogen-bond acceptors (Lipinski definition) is 5. The van der Waals surface area contributed by atoms with Crippen LogP contribution in [0.1, 0.15) is 252 Å². The van der Waals surface area contributed by atoms with Crippen molar-refractivity contribution in [3.8, 4) is 0 Å². The van der Waals surface area contributed by atoms with E-state index in [9.17, 15) is 19.8 Å². The number of nitrogens with one attached hydrogen (secondary N) is 1. The summed E-state index contributed by atoms with van der Waals surface area (Å²) in [6, 6.07) is -0.743. The maximum absolute atomic E-state index is 13.2. The number of aliphatic hydroxyl groups excluding tert-OH is 2. The van der Waals surface area contributed by atoms with Crippen LogP contribution in [0.25, 0.3) is 0 Å². The molecule has 0 aromatic rings. The fourth-order valence-electron chi connectivity index (χ4n) is 7.78. The average molecular weight is 880 g/mol. The Morgan fingerprint density at radius 2 is 0.825 bits per heavy atom. The van der Waals surface area contributed by atoms with Crippen LogP contribution in [0.3, 0.4) is 0 Å². The number of aliphatic hydroxyl groups is 2. The van der Waals surface area contributed by atoms with Crippen LogP contribution < -0.4 is 5.32 Å². The molecule has 1 amide bonds. The normalized spacial score (nSPS) is 13.8. The number of rotatable bonds is 47. The van der Waals surface area contributed by atoms with Crippen LogP contribution in [-0.4, -0.2) is 46.9 Å². The first-order valence-electron chi connectivity index (χ1n) is 26.7. The third-order valence-corrected chi connectivity index (χ3v) is 11.8. The quantitative estimate of drug-likeness (QED) is 0.0321. The average Bonchev–Trinajstić information content (AvgIpc) is 3.28. The number of carbonyl (C=O) groups is 2. The number of carbonyl (C=O) groups excluding carboxylic acids is 2. The molecule has 0 spiro atoms. The van der Waals surface area contributed by atoms with E-state index in [2.05, 4.69) is 86.8 Å². The Balaban J connectivity index is 4.72. The van der Waals surface area contributed by atoms with Crippen molar-refractivity contribution >= 4 is 11.9 Å². The van der Waals surface area contributed by atoms with Crippen LogP contribution >= 0.6 is 0 Å². The first kappa shape index (κ1) is 60.3. The first-order valence-corrected chi connectivity index (χ1v) is 26.7. The van der Waals surface area contributed by atoms with E-state index in [-0.39, 0.29) is 24.9 Å².